The highest BCUT2D eigenvalue weighted by molar-refractivity contribution is 5.98. The molecule has 3 aromatic rings. The summed E-state index contributed by atoms with van der Waals surface area (Å²) < 4.78 is 24.9. The van der Waals surface area contributed by atoms with E-state index >= 15 is 0 Å². The number of hydrogen-bond acceptors (Lipinski definition) is 16. The van der Waals surface area contributed by atoms with Gasteiger partial charge in [0.2, 0.25) is 5.91 Å². The van der Waals surface area contributed by atoms with Crippen LogP contribution in [0, 0.1) is 29.1 Å². The molecule has 1 saturated heterocycles. The molecule has 500 valence electrons. The van der Waals surface area contributed by atoms with Crippen molar-refractivity contribution >= 4 is 35.6 Å². The Bertz CT molecular complexity index is 2910. The number of nitrogens with one attached hydrogen (secondary N) is 1. The van der Waals surface area contributed by atoms with Gasteiger partial charge in [0.1, 0.15) is 28.2 Å². The van der Waals surface area contributed by atoms with Crippen LogP contribution in [0.3, 0.4) is 0 Å². The summed E-state index contributed by atoms with van der Waals surface area (Å²) in [7, 11) is 8.86. The van der Waals surface area contributed by atoms with Crippen LogP contribution in [0.5, 0.6) is 11.5 Å². The summed E-state index contributed by atoms with van der Waals surface area (Å²) in [5, 5.41) is 19.0. The van der Waals surface area contributed by atoms with Crippen molar-refractivity contribution in [3.63, 3.8) is 0 Å². The third-order valence-corrected chi connectivity index (χ3v) is 18.2. The number of rotatable bonds is 24. The number of carbonyl (C=O) groups is 6. The van der Waals surface area contributed by atoms with Crippen LogP contribution in [-0.2, 0) is 28.7 Å². The number of amides is 3. The van der Waals surface area contributed by atoms with Crippen molar-refractivity contribution < 1.29 is 52.8 Å². The van der Waals surface area contributed by atoms with Crippen LogP contribution in [0.4, 0.5) is 0 Å². The Morgan fingerprint density at radius 3 is 1.58 bits per heavy atom. The van der Waals surface area contributed by atoms with Crippen molar-refractivity contribution in [2.24, 2.45) is 29.1 Å². The normalized spacial score (nSPS) is 21.6. The fourth-order valence-corrected chi connectivity index (χ4v) is 14.1. The number of ether oxygens (including phenoxy) is 4. The largest absolute Gasteiger partial charge is 0.496 e. The number of esters is 2. The van der Waals surface area contributed by atoms with E-state index in [9.17, 15) is 33.9 Å². The van der Waals surface area contributed by atoms with Gasteiger partial charge in [-0.2, -0.15) is 5.10 Å². The van der Waals surface area contributed by atoms with Gasteiger partial charge in [-0.3, -0.25) is 38.7 Å². The van der Waals surface area contributed by atoms with Gasteiger partial charge in [0.15, 0.2) is 5.69 Å². The third-order valence-electron chi connectivity index (χ3n) is 18.2. The van der Waals surface area contributed by atoms with Crippen LogP contribution in [0.25, 0.3) is 16.9 Å². The number of hydrogen-bond donors (Lipinski definition) is 2. The first kappa shape index (κ1) is 71.3. The minimum atomic E-state index is -1.37. The highest BCUT2D eigenvalue weighted by Crippen LogP contribution is 2.58. The molecule has 5 aliphatic rings. The minimum Gasteiger partial charge on any atom is -0.496 e. The molecule has 8 rings (SSSR count). The molecule has 2 aromatic carbocycles. The first-order valence-corrected chi connectivity index (χ1v) is 32.8. The predicted octanol–water partition coefficient (Wildman–Crippen LogP) is 7.88. The van der Waals surface area contributed by atoms with Crippen molar-refractivity contribution in [3.05, 3.63) is 59.3 Å². The van der Waals surface area contributed by atoms with Gasteiger partial charge in [-0.15, -0.1) is 0 Å². The molecule has 2 N–H and O–H groups in total. The first-order valence-electron chi connectivity index (χ1n) is 32.8. The lowest BCUT2D eigenvalue weighted by molar-refractivity contribution is -0.163. The molecule has 5 fully saturated rings. The number of carboxylic acid groups (broad SMARTS) is 1. The van der Waals surface area contributed by atoms with Gasteiger partial charge >= 0.3 is 17.9 Å². The predicted molar refractivity (Wildman–Crippen MR) is 349 cm³/mol. The second-order valence-electron chi connectivity index (χ2n) is 29.6. The van der Waals surface area contributed by atoms with Crippen molar-refractivity contribution in [1.82, 2.24) is 49.4 Å². The Hall–Kier alpha value is -6.13. The van der Waals surface area contributed by atoms with Crippen molar-refractivity contribution in [2.45, 2.75) is 144 Å². The van der Waals surface area contributed by atoms with E-state index in [0.29, 0.717) is 98.2 Å². The van der Waals surface area contributed by atoms with Crippen LogP contribution in [0.1, 0.15) is 153 Å². The van der Waals surface area contributed by atoms with Gasteiger partial charge in [0.05, 0.1) is 50.8 Å². The van der Waals surface area contributed by atoms with Gasteiger partial charge in [0, 0.05) is 91.7 Å². The van der Waals surface area contributed by atoms with E-state index in [1.165, 1.54) is 0 Å². The molecule has 21 nitrogen and oxygen atoms in total. The molecule has 90 heavy (non-hydrogen) atoms. The highest BCUT2D eigenvalue weighted by Gasteiger charge is 2.62. The lowest BCUT2D eigenvalue weighted by Crippen LogP contribution is -2.70. The molecule has 0 unspecified atom stereocenters. The number of methoxy groups -OCH3 is 2. The number of likely N-dealkylation sites (N-methyl/N-ethyl adjacent to an activating group) is 1. The monoisotopic (exact) mass is 1250 g/mol. The average Bonchev–Trinajstić information content (AvgIpc) is 0.826. The van der Waals surface area contributed by atoms with Gasteiger partial charge in [-0.05, 0) is 184 Å². The molecule has 0 radical (unpaired) electrons. The summed E-state index contributed by atoms with van der Waals surface area (Å²) in [5.41, 5.74) is 0.527. The van der Waals surface area contributed by atoms with E-state index in [1.807, 2.05) is 105 Å². The second-order valence-corrected chi connectivity index (χ2v) is 29.6. The molecule has 1 aliphatic heterocycles. The molecule has 3 amide bonds. The maximum Gasteiger partial charge on any atom is 0.330 e. The molecule has 4 aliphatic carbocycles. The van der Waals surface area contributed by atoms with Crippen molar-refractivity contribution in [3.8, 4) is 28.4 Å². The second kappa shape index (κ2) is 30.5. The lowest BCUT2D eigenvalue weighted by Gasteiger charge is -2.59. The Morgan fingerprint density at radius 1 is 0.644 bits per heavy atom. The van der Waals surface area contributed by atoms with E-state index in [2.05, 4.69) is 57.6 Å². The summed E-state index contributed by atoms with van der Waals surface area (Å²) >= 11 is 0. The topological polar surface area (TPSA) is 212 Å². The SMILES string of the molecule is COc1cccc(OC)c1-c1cc(C(=O)NC2(C(=O)O)C3CC4CC(C3)CC2C4)nn1-c1ccc(C(=O)N(C)CCCN(C)CCCN(C)C(=O)CN2CCN(CC(=O)OC(C)(C)C)CCN(CC(=O)OC(C)(C)C)CCN(CC(C)(C)C)CC2)cc1C(C)C. The van der Waals surface area contributed by atoms with Gasteiger partial charge in [-0.25, -0.2) is 9.48 Å². The highest BCUT2D eigenvalue weighted by atomic mass is 16.6. The minimum absolute atomic E-state index is 0.0245. The summed E-state index contributed by atoms with van der Waals surface area (Å²) in [5.74, 6) is -0.624. The Labute approximate surface area is 536 Å². The zero-order valence-corrected chi connectivity index (χ0v) is 57.2. The van der Waals surface area contributed by atoms with Gasteiger partial charge < -0.3 is 49.0 Å². The Kier molecular flexibility index (Phi) is 24.2. The van der Waals surface area contributed by atoms with E-state index in [0.717, 1.165) is 83.2 Å². The smallest absolute Gasteiger partial charge is 0.330 e. The summed E-state index contributed by atoms with van der Waals surface area (Å²) in [4.78, 5) is 97.1. The summed E-state index contributed by atoms with van der Waals surface area (Å²) in [6, 6.07) is 12.7. The number of carbonyl (C=O) groups excluding carboxylic acids is 5. The van der Waals surface area contributed by atoms with E-state index in [1.54, 1.807) is 35.9 Å². The maximum absolute atomic E-state index is 14.6. The Balaban J connectivity index is 0.963. The standard InChI is InChI=1S/C69H108N10O11/c1-47(2)53-41-50(22-23-55(53)79-56(62-57(87-15)20-17-21-58(62)88-16)42-54(71-79)63(83)70-69(65(85)86)51-37-48-36-49(39-51)40-52(69)38-48)64(84)74(14)27-19-25-72(12)24-18-26-73(13)59(80)43-75-28-29-76(44-60(81)89-67(6,7)8)30-31-77(45-61(82)90-68(9,10)11)33-35-78(34-32-75)46-66(3,4)5/h17,20-23,41-42,47-49,51-52H,18-19,24-40,43-46H2,1-16H3,(H,70,83)(H,85,86). The zero-order chi connectivity index (χ0) is 66.0. The number of aromatic nitrogens is 2. The van der Waals surface area contributed by atoms with Crippen molar-refractivity contribution in [2.75, 3.05) is 140 Å². The fourth-order valence-electron chi connectivity index (χ4n) is 14.1. The summed E-state index contributed by atoms with van der Waals surface area (Å²) in [6.45, 7) is 30.8. The van der Waals surface area contributed by atoms with Crippen molar-refractivity contribution in [1.29, 1.82) is 0 Å². The van der Waals surface area contributed by atoms with Crippen LogP contribution >= 0.6 is 0 Å². The molecule has 0 spiro atoms. The van der Waals surface area contributed by atoms with Crippen LogP contribution in [0.15, 0.2) is 42.5 Å². The molecule has 1 aromatic heterocycles. The van der Waals surface area contributed by atoms with Crippen LogP contribution < -0.4 is 14.8 Å². The molecular weight excluding hydrogens is 1140 g/mol. The number of aliphatic carboxylic acids is 1. The van der Waals surface area contributed by atoms with E-state index < -0.39 is 28.6 Å². The van der Waals surface area contributed by atoms with Crippen LogP contribution in [0.2, 0.25) is 0 Å². The molecular formula is C69H108N10O11. The average molecular weight is 1250 g/mol. The molecule has 2 heterocycles. The molecule has 4 saturated carbocycles. The molecule has 4 bridgehead atoms. The third kappa shape index (κ3) is 19.2. The van der Waals surface area contributed by atoms with E-state index in [-0.39, 0.29) is 72.2 Å². The first-order chi connectivity index (χ1) is 42.3. The number of nitrogens with zero attached hydrogens (tertiary/aromatic N) is 9. The maximum atomic E-state index is 14.6. The lowest BCUT2D eigenvalue weighted by atomic mass is 9.48. The van der Waals surface area contributed by atoms with Crippen LogP contribution in [-0.4, -0.2) is 242 Å². The number of benzene rings is 2. The quantitative estimate of drug-likeness (QED) is 0.0817. The number of carboxylic acids is 1. The zero-order valence-electron chi connectivity index (χ0n) is 57.2. The fraction of sp³-hybridized carbons (Fsp3) is 0.696. The Morgan fingerprint density at radius 2 is 1.12 bits per heavy atom. The molecule has 0 atom stereocenters. The summed E-state index contributed by atoms with van der Waals surface area (Å²) in [6.07, 6.45) is 5.80. The van der Waals surface area contributed by atoms with Gasteiger partial charge in [-0.1, -0.05) is 40.7 Å². The molecule has 21 heteroatoms. The van der Waals surface area contributed by atoms with Gasteiger partial charge in [0.25, 0.3) is 11.8 Å². The van der Waals surface area contributed by atoms with E-state index in [4.69, 9.17) is 24.0 Å².